The fourth-order valence-electron chi connectivity index (χ4n) is 2.55. The fraction of sp³-hybridized carbons (Fsp3) is 0.188. The molecule has 0 spiro atoms. The number of nitrogens with zero attached hydrogens (tertiary/aromatic N) is 2. The van der Waals surface area contributed by atoms with Crippen molar-refractivity contribution in [1.82, 2.24) is 25.0 Å². The number of carbonyl (C=O) groups is 1. The molecule has 2 unspecified atom stereocenters. The first-order chi connectivity index (χ1) is 11.3. The van der Waals surface area contributed by atoms with Gasteiger partial charge in [-0.2, -0.15) is 0 Å². The number of pyridine rings is 1. The maximum absolute atomic E-state index is 12.0. The lowest BCUT2D eigenvalue weighted by Gasteiger charge is -2.05. The highest BCUT2D eigenvalue weighted by atomic mass is 32.2. The van der Waals surface area contributed by atoms with Crippen LogP contribution in [0.15, 0.2) is 53.8 Å². The van der Waals surface area contributed by atoms with E-state index in [9.17, 15) is 4.79 Å². The zero-order chi connectivity index (χ0) is 15.6. The number of imidazole rings is 1. The van der Waals surface area contributed by atoms with Gasteiger partial charge >= 0.3 is 6.03 Å². The number of nitrogens with one attached hydrogen (secondary N) is 3. The number of H-pyrrole nitrogens is 1. The summed E-state index contributed by atoms with van der Waals surface area (Å²) in [4.78, 5) is 23.8. The number of hydrogen-bond donors (Lipinski definition) is 3. The Hall–Kier alpha value is -2.54. The number of aromatic amines is 1. The summed E-state index contributed by atoms with van der Waals surface area (Å²) in [5.41, 5.74) is 2.87. The van der Waals surface area contributed by atoms with Crippen molar-refractivity contribution in [2.75, 3.05) is 0 Å². The molecule has 0 bridgehead atoms. The van der Waals surface area contributed by atoms with Gasteiger partial charge in [0.2, 0.25) is 0 Å². The number of carbonyl (C=O) groups excluding carboxylic acids is 1. The molecule has 0 saturated heterocycles. The number of para-hydroxylation sites is 2. The summed E-state index contributed by atoms with van der Waals surface area (Å²) in [6.45, 7) is 0. The molecule has 3 aromatic rings. The average Bonchev–Trinajstić information content (AvgIpc) is 3.21. The summed E-state index contributed by atoms with van der Waals surface area (Å²) in [6, 6.07) is 13.6. The van der Waals surface area contributed by atoms with Crippen LogP contribution in [0, 0.1) is 0 Å². The first-order valence-electron chi connectivity index (χ1n) is 7.38. The molecule has 2 heterocycles. The summed E-state index contributed by atoms with van der Waals surface area (Å²) in [5, 5.41) is 3.62. The van der Waals surface area contributed by atoms with Gasteiger partial charge in [0.15, 0.2) is 5.16 Å². The highest BCUT2D eigenvalue weighted by molar-refractivity contribution is 7.97. The van der Waals surface area contributed by atoms with Crippen molar-refractivity contribution in [1.29, 1.82) is 0 Å². The van der Waals surface area contributed by atoms with Gasteiger partial charge in [0, 0.05) is 35.8 Å². The van der Waals surface area contributed by atoms with Gasteiger partial charge in [-0.05, 0) is 30.7 Å². The van der Waals surface area contributed by atoms with Crippen LogP contribution in [-0.2, 0) is 0 Å². The van der Waals surface area contributed by atoms with Gasteiger partial charge < -0.3 is 10.3 Å². The maximum Gasteiger partial charge on any atom is 0.325 e. The number of amides is 2. The van der Waals surface area contributed by atoms with Crippen LogP contribution < -0.4 is 10.0 Å². The van der Waals surface area contributed by atoms with Gasteiger partial charge in [0.05, 0.1) is 11.0 Å². The second-order valence-electron chi connectivity index (χ2n) is 5.44. The van der Waals surface area contributed by atoms with Gasteiger partial charge in [0.1, 0.15) is 0 Å². The number of urea groups is 1. The van der Waals surface area contributed by atoms with E-state index in [1.807, 2.05) is 42.5 Å². The van der Waals surface area contributed by atoms with Crippen LogP contribution in [0.1, 0.15) is 18.0 Å². The average molecular weight is 325 g/mol. The van der Waals surface area contributed by atoms with Crippen molar-refractivity contribution in [2.45, 2.75) is 23.5 Å². The van der Waals surface area contributed by atoms with Crippen molar-refractivity contribution in [2.24, 2.45) is 0 Å². The van der Waals surface area contributed by atoms with Crippen molar-refractivity contribution >= 4 is 29.0 Å². The van der Waals surface area contributed by atoms with Gasteiger partial charge in [-0.1, -0.05) is 18.2 Å². The monoisotopic (exact) mass is 325 g/mol. The van der Waals surface area contributed by atoms with E-state index in [-0.39, 0.29) is 12.1 Å². The molecule has 3 N–H and O–H groups in total. The molecule has 1 saturated carbocycles. The Bertz CT molecular complexity index is 802. The zero-order valence-electron chi connectivity index (χ0n) is 12.2. The van der Waals surface area contributed by atoms with E-state index in [4.69, 9.17) is 0 Å². The number of aromatic nitrogens is 3. The lowest BCUT2D eigenvalue weighted by atomic mass is 10.2. The minimum atomic E-state index is -0.209. The Balaban J connectivity index is 1.29. The van der Waals surface area contributed by atoms with Crippen LogP contribution in [0.3, 0.4) is 0 Å². The predicted molar refractivity (Wildman–Crippen MR) is 89.0 cm³/mol. The smallest absolute Gasteiger partial charge is 0.325 e. The van der Waals surface area contributed by atoms with Crippen LogP contribution in [-0.4, -0.2) is 27.0 Å². The van der Waals surface area contributed by atoms with E-state index in [1.54, 1.807) is 6.20 Å². The largest absolute Gasteiger partial charge is 0.334 e. The molecule has 1 aliphatic carbocycles. The normalized spacial score (nSPS) is 19.5. The number of hydrogen-bond acceptors (Lipinski definition) is 4. The molecule has 4 rings (SSSR count). The van der Waals surface area contributed by atoms with Gasteiger partial charge in [-0.15, -0.1) is 0 Å². The third kappa shape index (κ3) is 3.14. The molecule has 1 aliphatic rings. The second kappa shape index (κ2) is 5.92. The van der Waals surface area contributed by atoms with E-state index in [2.05, 4.69) is 25.0 Å². The lowest BCUT2D eigenvalue weighted by Crippen LogP contribution is -2.33. The predicted octanol–water partition coefficient (Wildman–Crippen LogP) is 2.82. The van der Waals surface area contributed by atoms with Crippen molar-refractivity contribution < 1.29 is 4.79 Å². The Kier molecular flexibility index (Phi) is 3.63. The summed E-state index contributed by atoms with van der Waals surface area (Å²) >= 11 is 1.18. The summed E-state index contributed by atoms with van der Waals surface area (Å²) in [7, 11) is 0. The molecule has 0 aliphatic heterocycles. The molecule has 7 heteroatoms. The van der Waals surface area contributed by atoms with Crippen LogP contribution in [0.25, 0.3) is 11.0 Å². The Morgan fingerprint density at radius 3 is 2.91 bits per heavy atom. The zero-order valence-corrected chi connectivity index (χ0v) is 13.0. The minimum Gasteiger partial charge on any atom is -0.334 e. The number of rotatable bonds is 4. The molecule has 1 fully saturated rings. The van der Waals surface area contributed by atoms with Crippen LogP contribution >= 0.6 is 11.9 Å². The summed E-state index contributed by atoms with van der Waals surface area (Å²) in [5.74, 6) is 0.318. The molecule has 2 aromatic heterocycles. The first kappa shape index (κ1) is 14.1. The topological polar surface area (TPSA) is 82.7 Å². The van der Waals surface area contributed by atoms with Crippen molar-refractivity contribution in [3.8, 4) is 0 Å². The quantitative estimate of drug-likeness (QED) is 0.644. The molecule has 23 heavy (non-hydrogen) atoms. The SMILES string of the molecule is O=C(NSc1nc2ccccc2[nH]1)NC1CC1c1ccccn1. The summed E-state index contributed by atoms with van der Waals surface area (Å²) < 4.78 is 2.76. The van der Waals surface area contributed by atoms with Gasteiger partial charge in [-0.25, -0.2) is 9.78 Å². The fourth-order valence-corrected chi connectivity index (χ4v) is 3.10. The Morgan fingerprint density at radius 1 is 1.22 bits per heavy atom. The van der Waals surface area contributed by atoms with Crippen molar-refractivity contribution in [3.63, 3.8) is 0 Å². The van der Waals surface area contributed by atoms with Crippen LogP contribution in [0.2, 0.25) is 0 Å². The third-order valence-electron chi connectivity index (χ3n) is 3.78. The molecule has 1 aromatic carbocycles. The lowest BCUT2D eigenvalue weighted by molar-refractivity contribution is 0.246. The number of fused-ring (bicyclic) bond motifs is 1. The molecule has 6 nitrogen and oxygen atoms in total. The van der Waals surface area contributed by atoms with Crippen LogP contribution in [0.4, 0.5) is 4.79 Å². The summed E-state index contributed by atoms with van der Waals surface area (Å²) in [6.07, 6.45) is 2.71. The van der Waals surface area contributed by atoms with E-state index >= 15 is 0 Å². The molecule has 2 amide bonds. The first-order valence-corrected chi connectivity index (χ1v) is 8.20. The van der Waals surface area contributed by atoms with E-state index in [0.29, 0.717) is 11.1 Å². The molecular formula is C16H15N5OS. The number of benzene rings is 1. The van der Waals surface area contributed by atoms with E-state index < -0.39 is 0 Å². The standard InChI is InChI=1S/C16H15N5OS/c22-15(18-14-9-10(14)11-5-3-4-8-17-11)21-23-16-19-12-6-1-2-7-13(12)20-16/h1-8,10,14H,9H2,(H,19,20)(H2,18,21,22). The van der Waals surface area contributed by atoms with E-state index in [0.717, 1.165) is 23.1 Å². The van der Waals surface area contributed by atoms with Crippen LogP contribution in [0.5, 0.6) is 0 Å². The molecule has 2 atom stereocenters. The molecule has 116 valence electrons. The molecular weight excluding hydrogens is 310 g/mol. The Labute approximate surface area is 137 Å². The highest BCUT2D eigenvalue weighted by Crippen LogP contribution is 2.39. The third-order valence-corrected chi connectivity index (χ3v) is 4.46. The highest BCUT2D eigenvalue weighted by Gasteiger charge is 2.40. The van der Waals surface area contributed by atoms with E-state index in [1.165, 1.54) is 11.9 Å². The van der Waals surface area contributed by atoms with Gasteiger partial charge in [-0.3, -0.25) is 9.71 Å². The minimum absolute atomic E-state index is 0.154. The second-order valence-corrected chi connectivity index (χ2v) is 6.23. The van der Waals surface area contributed by atoms with Gasteiger partial charge in [0.25, 0.3) is 0 Å². The molecule has 0 radical (unpaired) electrons. The maximum atomic E-state index is 12.0. The van der Waals surface area contributed by atoms with Crippen molar-refractivity contribution in [3.05, 3.63) is 54.4 Å². The Morgan fingerprint density at radius 2 is 2.09 bits per heavy atom.